The molecule has 3 nitrogen and oxygen atoms in total. The lowest BCUT2D eigenvalue weighted by molar-refractivity contribution is 0.0989. The molecule has 0 bridgehead atoms. The van der Waals surface area contributed by atoms with Crippen molar-refractivity contribution in [2.45, 2.75) is 44.6 Å². The smallest absolute Gasteiger partial charge is 0.248 e. The van der Waals surface area contributed by atoms with Gasteiger partial charge in [-0.3, -0.25) is 4.79 Å². The largest absolute Gasteiger partial charge is 0.392 e. The number of amides is 1. The quantitative estimate of drug-likeness (QED) is 0.778. The molecule has 1 aliphatic rings. The number of primary amides is 1. The summed E-state index contributed by atoms with van der Waals surface area (Å²) in [5, 5.41) is 10.1. The van der Waals surface area contributed by atoms with Crippen LogP contribution >= 0.6 is 0 Å². The first-order valence-electron chi connectivity index (χ1n) is 5.95. The number of hydrogen-bond acceptors (Lipinski definition) is 2. The molecule has 2 atom stereocenters. The van der Waals surface area contributed by atoms with Crippen LogP contribution in [0.3, 0.4) is 0 Å². The van der Waals surface area contributed by atoms with Crippen molar-refractivity contribution in [3.8, 4) is 0 Å². The number of hydrogen-bond donors (Lipinski definition) is 2. The summed E-state index contributed by atoms with van der Waals surface area (Å²) in [4.78, 5) is 11.2. The molecule has 3 heteroatoms. The Bertz CT molecular complexity index is 465. The summed E-state index contributed by atoms with van der Waals surface area (Å²) >= 11 is 0. The molecule has 3 N–H and O–H groups in total. The molecule has 0 saturated heterocycles. The Morgan fingerprint density at radius 2 is 2.12 bits per heavy atom. The molecule has 1 aromatic rings. The Labute approximate surface area is 102 Å². The second kappa shape index (κ2) is 3.84. The first kappa shape index (κ1) is 12.1. The van der Waals surface area contributed by atoms with Crippen LogP contribution in [0.15, 0.2) is 18.2 Å². The fourth-order valence-corrected chi connectivity index (χ4v) is 2.73. The molecule has 2 unspecified atom stereocenters. The minimum Gasteiger partial charge on any atom is -0.392 e. The van der Waals surface area contributed by atoms with E-state index >= 15 is 0 Å². The van der Waals surface area contributed by atoms with E-state index in [4.69, 9.17) is 5.73 Å². The van der Waals surface area contributed by atoms with E-state index < -0.39 is 5.91 Å². The molecule has 2 rings (SSSR count). The molecule has 1 aromatic carbocycles. The maximum atomic E-state index is 11.2. The van der Waals surface area contributed by atoms with Gasteiger partial charge in [-0.1, -0.05) is 26.8 Å². The van der Waals surface area contributed by atoms with Gasteiger partial charge in [0.05, 0.1) is 6.10 Å². The summed E-state index contributed by atoms with van der Waals surface area (Å²) in [6.07, 6.45) is 0.387. The minimum atomic E-state index is -0.419. The van der Waals surface area contributed by atoms with E-state index in [0.29, 0.717) is 5.56 Å². The van der Waals surface area contributed by atoms with Gasteiger partial charge in [-0.05, 0) is 35.1 Å². The predicted octanol–water partition coefficient (Wildman–Crippen LogP) is 1.93. The molecular formula is C14H19NO2. The van der Waals surface area contributed by atoms with Crippen molar-refractivity contribution in [3.05, 3.63) is 34.9 Å². The maximum absolute atomic E-state index is 11.2. The summed E-state index contributed by atoms with van der Waals surface area (Å²) in [5.41, 5.74) is 8.00. The first-order valence-corrected chi connectivity index (χ1v) is 5.95. The summed E-state index contributed by atoms with van der Waals surface area (Å²) in [6.45, 7) is 6.22. The molecule has 0 aliphatic heterocycles. The number of aliphatic hydroxyl groups excluding tert-OH is 1. The number of nitrogens with two attached hydrogens (primary N) is 1. The lowest BCUT2D eigenvalue weighted by Gasteiger charge is -2.39. The summed E-state index contributed by atoms with van der Waals surface area (Å²) in [5.74, 6) is -0.366. The Balaban J connectivity index is 2.59. The molecule has 0 heterocycles. The van der Waals surface area contributed by atoms with Gasteiger partial charge < -0.3 is 10.8 Å². The number of aliphatic hydroxyl groups is 1. The fourth-order valence-electron chi connectivity index (χ4n) is 2.73. The highest BCUT2D eigenvalue weighted by molar-refractivity contribution is 5.93. The van der Waals surface area contributed by atoms with Gasteiger partial charge in [-0.25, -0.2) is 0 Å². The molecular weight excluding hydrogens is 214 g/mol. The van der Waals surface area contributed by atoms with Crippen molar-refractivity contribution in [2.24, 2.45) is 5.73 Å². The van der Waals surface area contributed by atoms with Crippen LogP contribution in [0.25, 0.3) is 0 Å². The van der Waals surface area contributed by atoms with E-state index in [2.05, 4.69) is 13.8 Å². The third-order valence-electron chi connectivity index (χ3n) is 3.85. The van der Waals surface area contributed by atoms with E-state index in [0.717, 1.165) is 12.0 Å². The highest BCUT2D eigenvalue weighted by atomic mass is 16.3. The third kappa shape index (κ3) is 1.95. The van der Waals surface area contributed by atoms with Crippen molar-refractivity contribution in [1.82, 2.24) is 0 Å². The van der Waals surface area contributed by atoms with Crippen molar-refractivity contribution in [3.63, 3.8) is 0 Å². The van der Waals surface area contributed by atoms with Crippen molar-refractivity contribution >= 4 is 5.91 Å². The molecule has 0 spiro atoms. The van der Waals surface area contributed by atoms with Gasteiger partial charge in [0, 0.05) is 11.5 Å². The minimum absolute atomic E-state index is 0.0531. The van der Waals surface area contributed by atoms with Gasteiger partial charge in [0.15, 0.2) is 0 Å². The zero-order valence-electron chi connectivity index (χ0n) is 10.5. The van der Waals surface area contributed by atoms with Crippen LogP contribution in [-0.4, -0.2) is 17.1 Å². The monoisotopic (exact) mass is 233 g/mol. The molecule has 0 saturated carbocycles. The normalized spacial score (nSPS) is 26.4. The number of fused-ring (bicyclic) bond motifs is 1. The number of benzene rings is 1. The topological polar surface area (TPSA) is 63.3 Å². The van der Waals surface area contributed by atoms with Gasteiger partial charge >= 0.3 is 0 Å². The molecule has 0 aromatic heterocycles. The Morgan fingerprint density at radius 3 is 2.71 bits per heavy atom. The number of rotatable bonds is 1. The highest BCUT2D eigenvalue weighted by Gasteiger charge is 2.36. The van der Waals surface area contributed by atoms with Gasteiger partial charge in [-0.15, -0.1) is 0 Å². The lowest BCUT2D eigenvalue weighted by atomic mass is 9.67. The van der Waals surface area contributed by atoms with Gasteiger partial charge in [0.25, 0.3) is 0 Å². The van der Waals surface area contributed by atoms with Gasteiger partial charge in [0.2, 0.25) is 5.91 Å². The average molecular weight is 233 g/mol. The third-order valence-corrected chi connectivity index (χ3v) is 3.85. The Morgan fingerprint density at radius 1 is 1.47 bits per heavy atom. The maximum Gasteiger partial charge on any atom is 0.248 e. The van der Waals surface area contributed by atoms with Crippen LogP contribution in [0, 0.1) is 0 Å². The van der Waals surface area contributed by atoms with Gasteiger partial charge in [-0.2, -0.15) is 0 Å². The van der Waals surface area contributed by atoms with Crippen molar-refractivity contribution < 1.29 is 9.90 Å². The molecule has 17 heavy (non-hydrogen) atoms. The molecule has 0 radical (unpaired) electrons. The standard InChI is InChI=1S/C14H19NO2/c1-8-10-6-9(13(15)17)4-5-11(10)14(2,3)7-12(8)16/h4-6,8,12,16H,7H2,1-3H3,(H2,15,17). The van der Waals surface area contributed by atoms with Crippen molar-refractivity contribution in [2.75, 3.05) is 0 Å². The predicted molar refractivity (Wildman–Crippen MR) is 67.0 cm³/mol. The highest BCUT2D eigenvalue weighted by Crippen LogP contribution is 2.42. The van der Waals surface area contributed by atoms with E-state index in [9.17, 15) is 9.90 Å². The van der Waals surface area contributed by atoms with Crippen molar-refractivity contribution in [1.29, 1.82) is 0 Å². The van der Waals surface area contributed by atoms with Gasteiger partial charge in [0.1, 0.15) is 0 Å². The first-order chi connectivity index (χ1) is 7.83. The Hall–Kier alpha value is -1.35. The van der Waals surface area contributed by atoms with Crippen LogP contribution in [0.2, 0.25) is 0 Å². The van der Waals surface area contributed by atoms with E-state index in [1.54, 1.807) is 6.07 Å². The summed E-state index contributed by atoms with van der Waals surface area (Å²) < 4.78 is 0. The van der Waals surface area contributed by atoms with E-state index in [1.165, 1.54) is 5.56 Å². The zero-order valence-corrected chi connectivity index (χ0v) is 10.5. The second-order valence-corrected chi connectivity index (χ2v) is 5.61. The zero-order chi connectivity index (χ0) is 12.8. The molecule has 1 amide bonds. The second-order valence-electron chi connectivity index (χ2n) is 5.61. The van der Waals surface area contributed by atoms with Crippen LogP contribution in [0.4, 0.5) is 0 Å². The fraction of sp³-hybridized carbons (Fsp3) is 0.500. The summed E-state index contributed by atoms with van der Waals surface area (Å²) in [6, 6.07) is 5.57. The van der Waals surface area contributed by atoms with E-state index in [1.807, 2.05) is 19.1 Å². The number of carbonyl (C=O) groups is 1. The van der Waals surface area contributed by atoms with Crippen LogP contribution < -0.4 is 5.73 Å². The van der Waals surface area contributed by atoms with Crippen LogP contribution in [0.5, 0.6) is 0 Å². The molecule has 0 fully saturated rings. The van der Waals surface area contributed by atoms with Crippen LogP contribution in [-0.2, 0) is 5.41 Å². The van der Waals surface area contributed by atoms with E-state index in [-0.39, 0.29) is 17.4 Å². The number of carbonyl (C=O) groups excluding carboxylic acids is 1. The average Bonchev–Trinajstić information content (AvgIpc) is 2.25. The molecule has 1 aliphatic carbocycles. The van der Waals surface area contributed by atoms with Crippen LogP contribution in [0.1, 0.15) is 54.6 Å². The summed E-state index contributed by atoms with van der Waals surface area (Å²) in [7, 11) is 0. The SMILES string of the molecule is CC1c2cc(C(N)=O)ccc2C(C)(C)CC1O. The molecule has 92 valence electrons. The Kier molecular flexibility index (Phi) is 2.74. The lowest BCUT2D eigenvalue weighted by Crippen LogP contribution is -2.35.